The summed E-state index contributed by atoms with van der Waals surface area (Å²) in [6, 6.07) is 4.83. The Bertz CT molecular complexity index is 994. The lowest BCUT2D eigenvalue weighted by atomic mass is 9.94. The molecule has 0 spiro atoms. The number of anilines is 2. The van der Waals surface area contributed by atoms with Crippen molar-refractivity contribution in [2.24, 2.45) is 0 Å². The summed E-state index contributed by atoms with van der Waals surface area (Å²) in [4.78, 5) is 11.6. The van der Waals surface area contributed by atoms with E-state index in [1.807, 2.05) is 0 Å². The van der Waals surface area contributed by atoms with Crippen LogP contribution in [0, 0.1) is 5.82 Å². The minimum Gasteiger partial charge on any atom is -0.393 e. The van der Waals surface area contributed by atoms with Crippen molar-refractivity contribution >= 4 is 21.6 Å². The number of sulfone groups is 1. The number of aryl methyl sites for hydroxylation is 1. The standard InChI is InChI=1S/C20H26FN5O3S/c21-14-1-4-16(5-2-14)30(28,29)12-9-23-19-17-13-15(27)3-6-18(17)24-20(25-19)26-10-7-22-8-11-26/h1-2,4-5,15,22,27H,3,6-13H2,(H,23,24,25). The van der Waals surface area contributed by atoms with E-state index in [4.69, 9.17) is 4.98 Å². The molecule has 1 aliphatic heterocycles. The van der Waals surface area contributed by atoms with E-state index in [2.05, 4.69) is 20.5 Å². The van der Waals surface area contributed by atoms with Crippen molar-refractivity contribution in [2.45, 2.75) is 30.3 Å². The molecule has 0 saturated carbocycles. The Morgan fingerprint density at radius 2 is 1.93 bits per heavy atom. The number of aliphatic hydroxyl groups is 1. The SMILES string of the molecule is O=S(=O)(CCNc1nc(N2CCNCC2)nc2c1CC(O)CC2)c1ccc(F)cc1. The fourth-order valence-electron chi connectivity index (χ4n) is 3.80. The number of piperazine rings is 1. The molecule has 10 heteroatoms. The number of halogens is 1. The normalized spacial score (nSPS) is 19.4. The van der Waals surface area contributed by atoms with Crippen LogP contribution in [-0.4, -0.2) is 68.1 Å². The van der Waals surface area contributed by atoms with Gasteiger partial charge in [0.15, 0.2) is 9.84 Å². The Labute approximate surface area is 175 Å². The van der Waals surface area contributed by atoms with E-state index in [-0.39, 0.29) is 17.2 Å². The third-order valence-electron chi connectivity index (χ3n) is 5.47. The van der Waals surface area contributed by atoms with Gasteiger partial charge in [0, 0.05) is 44.7 Å². The van der Waals surface area contributed by atoms with Crippen LogP contribution in [0.3, 0.4) is 0 Å². The highest BCUT2D eigenvalue weighted by Gasteiger charge is 2.25. The molecule has 1 aliphatic carbocycles. The van der Waals surface area contributed by atoms with Crippen LogP contribution in [-0.2, 0) is 22.7 Å². The third kappa shape index (κ3) is 4.71. The zero-order valence-electron chi connectivity index (χ0n) is 16.6. The van der Waals surface area contributed by atoms with Crippen LogP contribution < -0.4 is 15.5 Å². The van der Waals surface area contributed by atoms with Crippen molar-refractivity contribution in [1.29, 1.82) is 0 Å². The second-order valence-electron chi connectivity index (χ2n) is 7.63. The smallest absolute Gasteiger partial charge is 0.227 e. The van der Waals surface area contributed by atoms with Crippen LogP contribution in [0.15, 0.2) is 29.2 Å². The fraction of sp³-hybridized carbons (Fsp3) is 0.500. The first-order chi connectivity index (χ1) is 14.4. The van der Waals surface area contributed by atoms with Crippen LogP contribution in [0.5, 0.6) is 0 Å². The van der Waals surface area contributed by atoms with Gasteiger partial charge in [-0.15, -0.1) is 0 Å². The number of aliphatic hydroxyl groups excluding tert-OH is 1. The topological polar surface area (TPSA) is 107 Å². The summed E-state index contributed by atoms with van der Waals surface area (Å²) in [7, 11) is -3.55. The molecule has 162 valence electrons. The summed E-state index contributed by atoms with van der Waals surface area (Å²) >= 11 is 0. The lowest BCUT2D eigenvalue weighted by Gasteiger charge is -2.30. The lowest BCUT2D eigenvalue weighted by Crippen LogP contribution is -2.44. The Balaban J connectivity index is 1.52. The molecule has 1 saturated heterocycles. The summed E-state index contributed by atoms with van der Waals surface area (Å²) in [5, 5.41) is 16.5. The maximum atomic E-state index is 13.1. The summed E-state index contributed by atoms with van der Waals surface area (Å²) in [5.74, 6) is 0.596. The van der Waals surface area contributed by atoms with Gasteiger partial charge >= 0.3 is 0 Å². The van der Waals surface area contributed by atoms with E-state index in [1.165, 1.54) is 12.1 Å². The zero-order chi connectivity index (χ0) is 21.1. The highest BCUT2D eigenvalue weighted by molar-refractivity contribution is 7.91. The molecule has 8 nitrogen and oxygen atoms in total. The molecule has 4 rings (SSSR count). The number of fused-ring (bicyclic) bond motifs is 1. The van der Waals surface area contributed by atoms with Gasteiger partial charge in [0.1, 0.15) is 11.6 Å². The van der Waals surface area contributed by atoms with Gasteiger partial charge in [-0.1, -0.05) is 0 Å². The molecule has 1 aromatic heterocycles. The van der Waals surface area contributed by atoms with Gasteiger partial charge in [-0.05, 0) is 37.1 Å². The quantitative estimate of drug-likeness (QED) is 0.571. The summed E-state index contributed by atoms with van der Waals surface area (Å²) in [6.45, 7) is 3.48. The van der Waals surface area contributed by atoms with Crippen LogP contribution in [0.25, 0.3) is 0 Å². The number of aromatic nitrogens is 2. The monoisotopic (exact) mass is 435 g/mol. The van der Waals surface area contributed by atoms with Gasteiger partial charge in [0.2, 0.25) is 5.95 Å². The highest BCUT2D eigenvalue weighted by Crippen LogP contribution is 2.28. The molecule has 1 fully saturated rings. The van der Waals surface area contributed by atoms with E-state index in [1.54, 1.807) is 0 Å². The van der Waals surface area contributed by atoms with Crippen LogP contribution >= 0.6 is 0 Å². The first-order valence-electron chi connectivity index (χ1n) is 10.2. The lowest BCUT2D eigenvalue weighted by molar-refractivity contribution is 0.158. The van der Waals surface area contributed by atoms with E-state index < -0.39 is 21.8 Å². The van der Waals surface area contributed by atoms with Crippen molar-refractivity contribution < 1.29 is 17.9 Å². The number of benzene rings is 1. The molecule has 0 bridgehead atoms. The van der Waals surface area contributed by atoms with Gasteiger partial charge < -0.3 is 20.6 Å². The van der Waals surface area contributed by atoms with Crippen LogP contribution in [0.2, 0.25) is 0 Å². The Morgan fingerprint density at radius 3 is 2.67 bits per heavy atom. The first kappa shape index (κ1) is 21.0. The molecule has 3 N–H and O–H groups in total. The van der Waals surface area contributed by atoms with Crippen molar-refractivity contribution in [3.8, 4) is 0 Å². The minimum atomic E-state index is -3.55. The molecule has 30 heavy (non-hydrogen) atoms. The van der Waals surface area contributed by atoms with E-state index in [9.17, 15) is 17.9 Å². The largest absolute Gasteiger partial charge is 0.393 e. The predicted octanol–water partition coefficient (Wildman–Crippen LogP) is 0.761. The Kier molecular flexibility index (Phi) is 6.16. The first-order valence-corrected chi connectivity index (χ1v) is 11.8. The molecule has 1 atom stereocenters. The van der Waals surface area contributed by atoms with Crippen LogP contribution in [0.4, 0.5) is 16.2 Å². The molecule has 0 amide bonds. The molecule has 1 unspecified atom stereocenters. The molecule has 2 aliphatic rings. The molecular weight excluding hydrogens is 409 g/mol. The minimum absolute atomic E-state index is 0.0901. The average Bonchev–Trinajstić information content (AvgIpc) is 2.74. The predicted molar refractivity (Wildman–Crippen MR) is 112 cm³/mol. The second-order valence-corrected chi connectivity index (χ2v) is 9.74. The zero-order valence-corrected chi connectivity index (χ0v) is 17.5. The molecular formula is C20H26FN5O3S. The van der Waals surface area contributed by atoms with Gasteiger partial charge in [-0.25, -0.2) is 17.8 Å². The van der Waals surface area contributed by atoms with Crippen molar-refractivity contribution in [3.63, 3.8) is 0 Å². The van der Waals surface area contributed by atoms with Crippen molar-refractivity contribution in [2.75, 3.05) is 48.7 Å². The number of nitrogens with one attached hydrogen (secondary N) is 2. The maximum absolute atomic E-state index is 13.1. The van der Waals surface area contributed by atoms with E-state index >= 15 is 0 Å². The maximum Gasteiger partial charge on any atom is 0.227 e. The molecule has 0 radical (unpaired) electrons. The number of rotatable bonds is 6. The van der Waals surface area contributed by atoms with Gasteiger partial charge in [-0.3, -0.25) is 0 Å². The average molecular weight is 436 g/mol. The third-order valence-corrected chi connectivity index (χ3v) is 7.20. The fourth-order valence-corrected chi connectivity index (χ4v) is 4.95. The second kappa shape index (κ2) is 8.83. The van der Waals surface area contributed by atoms with Gasteiger partial charge in [0.05, 0.1) is 22.4 Å². The van der Waals surface area contributed by atoms with Crippen molar-refractivity contribution in [3.05, 3.63) is 41.3 Å². The highest BCUT2D eigenvalue weighted by atomic mass is 32.2. The number of hydrogen-bond acceptors (Lipinski definition) is 8. The van der Waals surface area contributed by atoms with Gasteiger partial charge in [0.25, 0.3) is 0 Å². The summed E-state index contributed by atoms with van der Waals surface area (Å²) in [5.41, 5.74) is 1.76. The summed E-state index contributed by atoms with van der Waals surface area (Å²) < 4.78 is 38.2. The summed E-state index contributed by atoms with van der Waals surface area (Å²) in [6.07, 6.45) is 1.32. The number of hydrogen-bond donors (Lipinski definition) is 3. The Morgan fingerprint density at radius 1 is 1.20 bits per heavy atom. The van der Waals surface area contributed by atoms with E-state index in [0.717, 1.165) is 49.6 Å². The van der Waals surface area contributed by atoms with Crippen LogP contribution in [0.1, 0.15) is 17.7 Å². The Hall–Kier alpha value is -2.30. The molecule has 1 aromatic carbocycles. The molecule has 2 heterocycles. The van der Waals surface area contributed by atoms with E-state index in [0.29, 0.717) is 31.0 Å². The van der Waals surface area contributed by atoms with Crippen molar-refractivity contribution in [1.82, 2.24) is 15.3 Å². The van der Waals surface area contributed by atoms with Gasteiger partial charge in [-0.2, -0.15) is 4.98 Å². The molecule has 2 aromatic rings. The number of nitrogens with zero attached hydrogens (tertiary/aromatic N) is 3.